The van der Waals surface area contributed by atoms with Gasteiger partial charge in [0, 0.05) is 5.38 Å². The van der Waals surface area contributed by atoms with Gasteiger partial charge in [-0.15, -0.1) is 22.9 Å². The first-order valence-corrected chi connectivity index (χ1v) is 5.69. The summed E-state index contributed by atoms with van der Waals surface area (Å²) in [6.07, 6.45) is 0. The second kappa shape index (κ2) is 4.16. The number of carbonyl (C=O) groups is 2. The Morgan fingerprint density at radius 2 is 2.40 bits per heavy atom. The molecule has 1 aromatic heterocycles. The fourth-order valence-corrected chi connectivity index (χ4v) is 2.24. The number of urea groups is 1. The van der Waals surface area contributed by atoms with E-state index in [9.17, 15) is 9.59 Å². The highest BCUT2D eigenvalue weighted by Gasteiger charge is 2.28. The van der Waals surface area contributed by atoms with Gasteiger partial charge in [-0.3, -0.25) is 9.69 Å². The molecule has 1 saturated heterocycles. The van der Waals surface area contributed by atoms with Crippen LogP contribution in [0.15, 0.2) is 5.38 Å². The summed E-state index contributed by atoms with van der Waals surface area (Å²) < 4.78 is 0. The number of nitrogens with one attached hydrogen (secondary N) is 1. The highest BCUT2D eigenvalue weighted by Crippen LogP contribution is 2.15. The van der Waals surface area contributed by atoms with E-state index in [-0.39, 0.29) is 25.0 Å². The first-order valence-electron chi connectivity index (χ1n) is 4.28. The molecule has 3 amide bonds. The van der Waals surface area contributed by atoms with Gasteiger partial charge in [0.1, 0.15) is 5.01 Å². The lowest BCUT2D eigenvalue weighted by Crippen LogP contribution is -2.30. The Labute approximate surface area is 95.0 Å². The molecule has 0 aliphatic carbocycles. The molecule has 7 heteroatoms. The summed E-state index contributed by atoms with van der Waals surface area (Å²) in [4.78, 5) is 27.8. The first kappa shape index (κ1) is 10.4. The van der Waals surface area contributed by atoms with E-state index in [1.807, 2.05) is 5.38 Å². The molecule has 1 N–H and O–H groups in total. The molecule has 15 heavy (non-hydrogen) atoms. The summed E-state index contributed by atoms with van der Waals surface area (Å²) in [5.74, 6) is 0.124. The van der Waals surface area contributed by atoms with Gasteiger partial charge in [-0.25, -0.2) is 9.78 Å². The van der Waals surface area contributed by atoms with Crippen LogP contribution in [0, 0.1) is 0 Å². The van der Waals surface area contributed by atoms with E-state index >= 15 is 0 Å². The quantitative estimate of drug-likeness (QED) is 0.637. The number of imide groups is 1. The second-order valence-electron chi connectivity index (χ2n) is 3.00. The van der Waals surface area contributed by atoms with Gasteiger partial charge < -0.3 is 5.32 Å². The molecule has 0 saturated carbocycles. The number of nitrogens with zero attached hydrogens (tertiary/aromatic N) is 2. The maximum absolute atomic E-state index is 11.3. The van der Waals surface area contributed by atoms with Crippen LogP contribution >= 0.6 is 22.9 Å². The van der Waals surface area contributed by atoms with E-state index in [4.69, 9.17) is 11.6 Å². The van der Waals surface area contributed by atoms with Crippen LogP contribution in [0.25, 0.3) is 0 Å². The highest BCUT2D eigenvalue weighted by molar-refractivity contribution is 7.09. The van der Waals surface area contributed by atoms with Crippen LogP contribution < -0.4 is 5.32 Å². The number of carbonyl (C=O) groups excluding carboxylic acids is 2. The van der Waals surface area contributed by atoms with Gasteiger partial charge in [0.25, 0.3) is 0 Å². The molecule has 5 nitrogen and oxygen atoms in total. The van der Waals surface area contributed by atoms with Crippen LogP contribution in [-0.2, 0) is 17.2 Å². The zero-order valence-corrected chi connectivity index (χ0v) is 9.27. The molecule has 2 heterocycles. The summed E-state index contributed by atoms with van der Waals surface area (Å²) in [6, 6.07) is -0.359. The molecule has 0 spiro atoms. The largest absolute Gasteiger partial charge is 0.329 e. The van der Waals surface area contributed by atoms with Crippen molar-refractivity contribution in [2.45, 2.75) is 12.4 Å². The third-order valence-corrected chi connectivity index (χ3v) is 3.12. The minimum atomic E-state index is -0.359. The van der Waals surface area contributed by atoms with Crippen molar-refractivity contribution in [3.63, 3.8) is 0 Å². The van der Waals surface area contributed by atoms with Crippen molar-refractivity contribution in [1.29, 1.82) is 0 Å². The van der Waals surface area contributed by atoms with E-state index in [0.717, 1.165) is 15.6 Å². The van der Waals surface area contributed by atoms with Crippen LogP contribution in [0.5, 0.6) is 0 Å². The predicted molar refractivity (Wildman–Crippen MR) is 55.6 cm³/mol. The normalized spacial score (nSPS) is 15.9. The standard InChI is InChI=1S/C8H8ClN3O2S/c9-1-5-4-15-6(11-5)3-12-7(13)2-10-8(12)14/h4H,1-3H2,(H,10,14). The number of alkyl halides is 1. The summed E-state index contributed by atoms with van der Waals surface area (Å²) in [7, 11) is 0. The Morgan fingerprint density at radius 3 is 2.93 bits per heavy atom. The Balaban J connectivity index is 2.07. The minimum Gasteiger partial charge on any atom is -0.329 e. The summed E-state index contributed by atoms with van der Waals surface area (Å²) in [6.45, 7) is 0.304. The smallest absolute Gasteiger partial charge is 0.324 e. The van der Waals surface area contributed by atoms with Gasteiger partial charge in [-0.1, -0.05) is 0 Å². The van der Waals surface area contributed by atoms with Crippen molar-refractivity contribution < 1.29 is 9.59 Å². The van der Waals surface area contributed by atoms with Gasteiger partial charge in [-0.2, -0.15) is 0 Å². The molecule has 1 aromatic rings. The Hall–Kier alpha value is -1.14. The van der Waals surface area contributed by atoms with Crippen molar-refractivity contribution in [1.82, 2.24) is 15.2 Å². The topological polar surface area (TPSA) is 62.3 Å². The van der Waals surface area contributed by atoms with Crippen LogP contribution in [0.3, 0.4) is 0 Å². The fraction of sp³-hybridized carbons (Fsp3) is 0.375. The monoisotopic (exact) mass is 245 g/mol. The van der Waals surface area contributed by atoms with Gasteiger partial charge in [0.2, 0.25) is 5.91 Å². The van der Waals surface area contributed by atoms with Gasteiger partial charge in [0.15, 0.2) is 0 Å². The van der Waals surface area contributed by atoms with Crippen molar-refractivity contribution in [2.75, 3.05) is 6.54 Å². The second-order valence-corrected chi connectivity index (χ2v) is 4.21. The molecule has 0 bridgehead atoms. The molecule has 0 atom stereocenters. The number of thiazole rings is 1. The van der Waals surface area contributed by atoms with Crippen LogP contribution in [-0.4, -0.2) is 28.4 Å². The first-order chi connectivity index (χ1) is 7.20. The molecule has 0 unspecified atom stereocenters. The average molecular weight is 246 g/mol. The maximum atomic E-state index is 11.3. The van der Waals surface area contributed by atoms with Gasteiger partial charge >= 0.3 is 6.03 Å². The molecule has 0 radical (unpaired) electrons. The number of halogens is 1. The Kier molecular flexibility index (Phi) is 2.88. The van der Waals surface area contributed by atoms with E-state index in [0.29, 0.717) is 5.88 Å². The molecule has 1 fully saturated rings. The number of amides is 3. The summed E-state index contributed by atoms with van der Waals surface area (Å²) >= 11 is 6.99. The Bertz CT molecular complexity index is 390. The molecule has 0 aromatic carbocycles. The lowest BCUT2D eigenvalue weighted by atomic mass is 10.5. The van der Waals surface area contributed by atoms with Crippen molar-refractivity contribution >= 4 is 34.9 Å². The summed E-state index contributed by atoms with van der Waals surface area (Å²) in [5.41, 5.74) is 0.767. The van der Waals surface area contributed by atoms with E-state index < -0.39 is 0 Å². The molecular formula is C8H8ClN3O2S. The number of hydrogen-bond acceptors (Lipinski definition) is 4. The van der Waals surface area contributed by atoms with Crippen molar-refractivity contribution in [3.05, 3.63) is 16.1 Å². The third kappa shape index (κ3) is 2.10. The third-order valence-electron chi connectivity index (χ3n) is 1.97. The molecule has 80 valence electrons. The number of rotatable bonds is 3. The Morgan fingerprint density at radius 1 is 1.60 bits per heavy atom. The van der Waals surface area contributed by atoms with E-state index in [1.165, 1.54) is 11.3 Å². The predicted octanol–water partition coefficient (Wildman–Crippen LogP) is 0.934. The lowest BCUT2D eigenvalue weighted by Gasteiger charge is -2.09. The summed E-state index contributed by atoms with van der Waals surface area (Å²) in [5, 5.41) is 4.99. The maximum Gasteiger partial charge on any atom is 0.324 e. The number of aromatic nitrogens is 1. The van der Waals surface area contributed by atoms with Crippen molar-refractivity contribution in [3.8, 4) is 0 Å². The van der Waals surface area contributed by atoms with E-state index in [2.05, 4.69) is 10.3 Å². The fourth-order valence-electron chi connectivity index (χ4n) is 1.23. The minimum absolute atomic E-state index is 0.0760. The molecule has 1 aliphatic heterocycles. The zero-order valence-electron chi connectivity index (χ0n) is 7.70. The van der Waals surface area contributed by atoms with E-state index in [1.54, 1.807) is 0 Å². The number of hydrogen-bond donors (Lipinski definition) is 1. The molecular weight excluding hydrogens is 238 g/mol. The SMILES string of the molecule is O=C1CNC(=O)N1Cc1nc(CCl)cs1. The van der Waals surface area contributed by atoms with Crippen LogP contribution in [0.2, 0.25) is 0 Å². The van der Waals surface area contributed by atoms with Gasteiger partial charge in [0.05, 0.1) is 24.7 Å². The van der Waals surface area contributed by atoms with Crippen molar-refractivity contribution in [2.24, 2.45) is 0 Å². The van der Waals surface area contributed by atoms with Gasteiger partial charge in [-0.05, 0) is 0 Å². The highest BCUT2D eigenvalue weighted by atomic mass is 35.5. The molecule has 1 aliphatic rings. The van der Waals surface area contributed by atoms with Crippen LogP contribution in [0.4, 0.5) is 4.79 Å². The lowest BCUT2D eigenvalue weighted by molar-refractivity contribution is -0.125. The average Bonchev–Trinajstić information content (AvgIpc) is 2.80. The molecule has 2 rings (SSSR count). The zero-order chi connectivity index (χ0) is 10.8. The van der Waals surface area contributed by atoms with Crippen LogP contribution in [0.1, 0.15) is 10.7 Å².